The average Bonchev–Trinajstić information content (AvgIpc) is 3.63. The number of likely N-dealkylation sites (tertiary alicyclic amines) is 1. The summed E-state index contributed by atoms with van der Waals surface area (Å²) in [6.45, 7) is 6.04. The summed E-state index contributed by atoms with van der Waals surface area (Å²) in [4.78, 5) is 11.7. The third-order valence-corrected chi connectivity index (χ3v) is 8.18. The summed E-state index contributed by atoms with van der Waals surface area (Å²) in [5.74, 6) is 0.960. The van der Waals surface area contributed by atoms with E-state index in [1.54, 1.807) is 0 Å². The summed E-state index contributed by atoms with van der Waals surface area (Å²) in [5.41, 5.74) is 3.51. The molecule has 0 radical (unpaired) electrons. The fourth-order valence-electron chi connectivity index (χ4n) is 5.52. The summed E-state index contributed by atoms with van der Waals surface area (Å²) in [7, 11) is 0. The maximum atomic E-state index is 10.9. The van der Waals surface area contributed by atoms with Crippen molar-refractivity contribution in [3.05, 3.63) is 40.8 Å². The van der Waals surface area contributed by atoms with Gasteiger partial charge in [0.1, 0.15) is 0 Å². The number of anilines is 2. The van der Waals surface area contributed by atoms with Gasteiger partial charge in [-0.3, -0.25) is 4.68 Å². The van der Waals surface area contributed by atoms with E-state index in [0.717, 1.165) is 78.2 Å². The van der Waals surface area contributed by atoms with Gasteiger partial charge >= 0.3 is 0 Å². The van der Waals surface area contributed by atoms with Crippen molar-refractivity contribution in [2.75, 3.05) is 38.2 Å². The fourth-order valence-corrected chi connectivity index (χ4v) is 5.85. The molecule has 35 heavy (non-hydrogen) atoms. The summed E-state index contributed by atoms with van der Waals surface area (Å²) < 4.78 is 7.52. The van der Waals surface area contributed by atoms with Crippen LogP contribution in [-0.4, -0.2) is 68.2 Å². The summed E-state index contributed by atoms with van der Waals surface area (Å²) in [6.07, 6.45) is 9.58. The van der Waals surface area contributed by atoms with E-state index in [1.165, 1.54) is 12.8 Å². The maximum absolute atomic E-state index is 10.9. The monoisotopic (exact) mass is 496 g/mol. The number of aliphatic hydroxyl groups is 1. The van der Waals surface area contributed by atoms with Crippen LogP contribution in [0.4, 0.5) is 11.6 Å². The van der Waals surface area contributed by atoms with Gasteiger partial charge in [0.05, 0.1) is 34.7 Å². The van der Waals surface area contributed by atoms with Gasteiger partial charge in [0, 0.05) is 49.2 Å². The van der Waals surface area contributed by atoms with Gasteiger partial charge < -0.3 is 20.1 Å². The standard InChI is InChI=1S/C26H33ClN6O2/c1-17-24(15-29-33(17)20-2-3-20)31-25-28-14-19-12-22(27)21(13-23(19)30-25)18-4-8-32(9-5-18)16-26(34)6-10-35-11-7-26/h12-15,18,20,34H,2-11,16H2,1H3,(H,28,30,31). The van der Waals surface area contributed by atoms with Gasteiger partial charge in [-0.25, -0.2) is 9.97 Å². The first-order valence-corrected chi connectivity index (χ1v) is 13.1. The van der Waals surface area contributed by atoms with Crippen molar-refractivity contribution >= 4 is 34.1 Å². The van der Waals surface area contributed by atoms with Crippen LogP contribution in [-0.2, 0) is 4.74 Å². The molecule has 1 saturated carbocycles. The molecule has 3 aliphatic rings. The van der Waals surface area contributed by atoms with Crippen molar-refractivity contribution < 1.29 is 9.84 Å². The molecule has 0 bridgehead atoms. The Kier molecular flexibility index (Phi) is 6.16. The first kappa shape index (κ1) is 23.2. The lowest BCUT2D eigenvalue weighted by atomic mass is 9.87. The normalized spacial score (nSPS) is 21.5. The number of hydrogen-bond acceptors (Lipinski definition) is 7. The predicted molar refractivity (Wildman–Crippen MR) is 136 cm³/mol. The number of piperidine rings is 1. The molecule has 1 aromatic carbocycles. The summed E-state index contributed by atoms with van der Waals surface area (Å²) >= 11 is 6.73. The van der Waals surface area contributed by atoms with E-state index in [4.69, 9.17) is 21.3 Å². The SMILES string of the molecule is Cc1c(Nc2ncc3cc(Cl)c(C4CCN(CC5(O)CCOCC5)CC4)cc3n2)cnn1C1CC1. The van der Waals surface area contributed by atoms with E-state index in [2.05, 4.69) is 38.0 Å². The first-order valence-electron chi connectivity index (χ1n) is 12.8. The molecule has 6 rings (SSSR count). The second-order valence-electron chi connectivity index (χ2n) is 10.5. The summed E-state index contributed by atoms with van der Waals surface area (Å²) in [5, 5.41) is 20.5. The lowest BCUT2D eigenvalue weighted by Crippen LogP contribution is -2.48. The molecule has 2 saturated heterocycles. The lowest BCUT2D eigenvalue weighted by molar-refractivity contribution is -0.0820. The molecular formula is C26H33ClN6O2. The molecule has 2 aromatic heterocycles. The molecule has 2 N–H and O–H groups in total. The van der Waals surface area contributed by atoms with Gasteiger partial charge in [-0.15, -0.1) is 0 Å². The number of halogens is 1. The molecule has 186 valence electrons. The number of hydrogen-bond donors (Lipinski definition) is 2. The van der Waals surface area contributed by atoms with Gasteiger partial charge in [-0.1, -0.05) is 11.6 Å². The van der Waals surface area contributed by atoms with Crippen molar-refractivity contribution in [1.82, 2.24) is 24.6 Å². The third kappa shape index (κ3) is 4.89. The first-order chi connectivity index (χ1) is 17.0. The van der Waals surface area contributed by atoms with E-state index in [0.29, 0.717) is 31.1 Å². The van der Waals surface area contributed by atoms with Crippen LogP contribution in [0.15, 0.2) is 24.5 Å². The van der Waals surface area contributed by atoms with Gasteiger partial charge in [0.15, 0.2) is 0 Å². The zero-order valence-corrected chi connectivity index (χ0v) is 21.0. The van der Waals surface area contributed by atoms with Crippen molar-refractivity contribution in [3.63, 3.8) is 0 Å². The van der Waals surface area contributed by atoms with E-state index in [1.807, 2.05) is 18.5 Å². The average molecular weight is 497 g/mol. The number of fused-ring (bicyclic) bond motifs is 1. The molecule has 2 aliphatic heterocycles. The number of nitrogens with one attached hydrogen (secondary N) is 1. The Balaban J connectivity index is 1.16. The number of β-amino-alcohol motifs (C(OH)–C–C–N with tert-alkyl or cyclic N) is 1. The maximum Gasteiger partial charge on any atom is 0.227 e. The van der Waals surface area contributed by atoms with Gasteiger partial charge in [-0.2, -0.15) is 5.10 Å². The van der Waals surface area contributed by atoms with Crippen LogP contribution in [0.25, 0.3) is 10.9 Å². The number of ether oxygens (including phenoxy) is 1. The number of rotatable bonds is 6. The minimum atomic E-state index is -0.612. The Hall–Kier alpha value is -2.26. The van der Waals surface area contributed by atoms with E-state index in [-0.39, 0.29) is 0 Å². The fraction of sp³-hybridized carbons (Fsp3) is 0.577. The van der Waals surface area contributed by atoms with Crippen molar-refractivity contribution in [2.24, 2.45) is 0 Å². The second kappa shape index (κ2) is 9.32. The number of nitrogens with zero attached hydrogens (tertiary/aromatic N) is 5. The Bertz CT molecular complexity index is 1210. The van der Waals surface area contributed by atoms with Crippen molar-refractivity contribution in [2.45, 2.75) is 63.0 Å². The van der Waals surface area contributed by atoms with Gasteiger partial charge in [0.25, 0.3) is 0 Å². The van der Waals surface area contributed by atoms with Crippen LogP contribution in [0.2, 0.25) is 5.02 Å². The molecule has 0 atom stereocenters. The Morgan fingerprint density at radius 3 is 2.66 bits per heavy atom. The molecule has 0 unspecified atom stereocenters. The molecular weight excluding hydrogens is 464 g/mol. The molecule has 3 fully saturated rings. The van der Waals surface area contributed by atoms with Crippen LogP contribution in [0.1, 0.15) is 61.7 Å². The Morgan fingerprint density at radius 2 is 1.91 bits per heavy atom. The van der Waals surface area contributed by atoms with Gasteiger partial charge in [-0.05, 0) is 69.3 Å². The highest BCUT2D eigenvalue weighted by Crippen LogP contribution is 2.38. The molecule has 9 heteroatoms. The van der Waals surface area contributed by atoms with Crippen LogP contribution < -0.4 is 5.32 Å². The largest absolute Gasteiger partial charge is 0.388 e. The van der Waals surface area contributed by atoms with Crippen LogP contribution in [0.5, 0.6) is 0 Å². The minimum absolute atomic E-state index is 0.387. The zero-order chi connectivity index (χ0) is 24.0. The lowest BCUT2D eigenvalue weighted by Gasteiger charge is -2.40. The molecule has 4 heterocycles. The highest BCUT2D eigenvalue weighted by molar-refractivity contribution is 6.32. The van der Waals surface area contributed by atoms with Crippen molar-refractivity contribution in [3.8, 4) is 0 Å². The molecule has 0 spiro atoms. The van der Waals surface area contributed by atoms with Crippen LogP contribution in [0.3, 0.4) is 0 Å². The quantitative estimate of drug-likeness (QED) is 0.516. The molecule has 8 nitrogen and oxygen atoms in total. The third-order valence-electron chi connectivity index (χ3n) is 7.85. The smallest absolute Gasteiger partial charge is 0.227 e. The Labute approximate surface area is 210 Å². The number of aromatic nitrogens is 4. The summed E-state index contributed by atoms with van der Waals surface area (Å²) in [6, 6.07) is 4.67. The molecule has 1 aliphatic carbocycles. The molecule has 3 aromatic rings. The van der Waals surface area contributed by atoms with E-state index < -0.39 is 5.60 Å². The topological polar surface area (TPSA) is 88.3 Å². The van der Waals surface area contributed by atoms with Crippen LogP contribution in [0, 0.1) is 6.92 Å². The second-order valence-corrected chi connectivity index (χ2v) is 10.9. The highest BCUT2D eigenvalue weighted by atomic mass is 35.5. The van der Waals surface area contributed by atoms with Gasteiger partial charge in [0.2, 0.25) is 5.95 Å². The Morgan fingerprint density at radius 1 is 1.14 bits per heavy atom. The minimum Gasteiger partial charge on any atom is -0.388 e. The zero-order valence-electron chi connectivity index (χ0n) is 20.2. The van der Waals surface area contributed by atoms with E-state index >= 15 is 0 Å². The highest BCUT2D eigenvalue weighted by Gasteiger charge is 2.34. The van der Waals surface area contributed by atoms with Crippen molar-refractivity contribution in [1.29, 1.82) is 0 Å². The number of benzene rings is 1. The van der Waals surface area contributed by atoms with Crippen LogP contribution >= 0.6 is 11.6 Å². The molecule has 0 amide bonds. The predicted octanol–water partition coefficient (Wildman–Crippen LogP) is 4.59. The van der Waals surface area contributed by atoms with E-state index in [9.17, 15) is 5.11 Å².